The van der Waals surface area contributed by atoms with Gasteiger partial charge in [0.05, 0.1) is 12.2 Å². The van der Waals surface area contributed by atoms with Crippen LogP contribution in [-0.2, 0) is 21.1 Å². The van der Waals surface area contributed by atoms with E-state index < -0.39 is 0 Å². The molecule has 0 aromatic rings. The molecule has 4 aliphatic carbocycles. The van der Waals surface area contributed by atoms with Crippen molar-refractivity contribution in [3.63, 3.8) is 0 Å². The van der Waals surface area contributed by atoms with Crippen molar-refractivity contribution < 1.29 is 32.7 Å². The number of hydrogen-bond acceptors (Lipinski definition) is 2. The van der Waals surface area contributed by atoms with E-state index in [2.05, 4.69) is 81.4 Å². The molecule has 0 saturated heterocycles. The summed E-state index contributed by atoms with van der Waals surface area (Å²) in [6.45, 7) is 23.8. The van der Waals surface area contributed by atoms with Gasteiger partial charge >= 0.3 is 0 Å². The van der Waals surface area contributed by atoms with Crippen LogP contribution in [0.5, 0.6) is 0 Å². The van der Waals surface area contributed by atoms with Gasteiger partial charge in [-0.1, -0.05) is 107 Å². The molecule has 0 unspecified atom stereocenters. The van der Waals surface area contributed by atoms with Gasteiger partial charge in [0.25, 0.3) is 0 Å². The molecule has 4 aliphatic rings. The van der Waals surface area contributed by atoms with Crippen LogP contribution >= 0.6 is 0 Å². The predicted octanol–water partition coefficient (Wildman–Crippen LogP) is 11.0. The summed E-state index contributed by atoms with van der Waals surface area (Å²) in [4.78, 5) is 0. The zero-order chi connectivity index (χ0) is 29.8. The van der Waals surface area contributed by atoms with Crippen molar-refractivity contribution in [2.75, 3.05) is 0 Å². The smallest absolute Gasteiger partial charge is 0.0573 e. The summed E-state index contributed by atoms with van der Waals surface area (Å²) in [6.07, 6.45) is 19.9. The Labute approximate surface area is 279 Å². The number of rotatable bonds is 9. The fourth-order valence-corrected chi connectivity index (χ4v) is 9.94. The van der Waals surface area contributed by atoms with E-state index in [-0.39, 0.29) is 42.1 Å². The van der Waals surface area contributed by atoms with Gasteiger partial charge in [-0.25, -0.2) is 0 Å². The molecular weight excluding hydrogens is 696 g/mol. The molecule has 2 nitrogen and oxygen atoms in total. The molecule has 0 aromatic carbocycles. The van der Waals surface area contributed by atoms with E-state index in [0.29, 0.717) is 34.5 Å². The molecule has 0 heterocycles. The molecule has 3 heteroatoms. The Morgan fingerprint density at radius 1 is 0.667 bits per heavy atom. The molecule has 254 valence electrons. The fraction of sp³-hybridized carbons (Fsp3) is 0.923. The quantitative estimate of drug-likeness (QED) is 0.181. The van der Waals surface area contributed by atoms with Crippen LogP contribution < -0.4 is 0 Å². The van der Waals surface area contributed by atoms with Crippen LogP contribution in [0.15, 0.2) is 12.2 Å². The van der Waals surface area contributed by atoms with Gasteiger partial charge in [-0.2, -0.15) is 0 Å². The first-order chi connectivity index (χ1) is 18.7. The van der Waals surface area contributed by atoms with Gasteiger partial charge in [-0.05, 0) is 121 Å². The first kappa shape index (κ1) is 40.4. The van der Waals surface area contributed by atoms with Crippen LogP contribution in [0.4, 0.5) is 0 Å². The molecule has 4 saturated carbocycles. The van der Waals surface area contributed by atoms with Gasteiger partial charge in [-0.15, -0.1) is 0 Å². The van der Waals surface area contributed by atoms with E-state index in [1.54, 1.807) is 0 Å². The topological polar surface area (TPSA) is 40.5 Å². The third-order valence-corrected chi connectivity index (χ3v) is 13.6. The second-order valence-electron chi connectivity index (χ2n) is 16.6. The minimum Gasteiger partial charge on any atom is -0.393 e. The molecule has 2 N–H and O–H groups in total. The molecule has 0 radical (unpaired) electrons. The second-order valence-corrected chi connectivity index (χ2v) is 16.6. The van der Waals surface area contributed by atoms with E-state index in [0.717, 1.165) is 48.3 Å². The zero-order valence-corrected chi connectivity index (χ0v) is 32.1. The molecule has 4 fully saturated rings. The average Bonchev–Trinajstić information content (AvgIpc) is 3.44. The van der Waals surface area contributed by atoms with Crippen molar-refractivity contribution in [2.45, 2.75) is 158 Å². The minimum absolute atomic E-state index is 0. The van der Waals surface area contributed by atoms with Gasteiger partial charge in [0, 0.05) is 22.5 Å². The van der Waals surface area contributed by atoms with Crippen molar-refractivity contribution in [1.82, 2.24) is 0 Å². The van der Waals surface area contributed by atoms with Gasteiger partial charge in [0.2, 0.25) is 0 Å². The SMILES string of the molecule is CC(C)[C@@H](C)/C=C/[C@@H](C)[C@H]1CC[C@H]2[C@@H](O)CCC[C@]12C.CC(C)[C@@H](C)CC[C@@H](C)[C@H]1CC[C@H]2[C@@H](O)CCC[C@]12C.[CH3-].[HH].[Pt]. The third kappa shape index (κ3) is 9.21. The maximum atomic E-state index is 10.3. The molecule has 12 atom stereocenters. The summed E-state index contributed by atoms with van der Waals surface area (Å²) in [5.74, 6) is 7.28. The predicted molar refractivity (Wildman–Crippen MR) is 182 cm³/mol. The molecule has 42 heavy (non-hydrogen) atoms. The zero-order valence-electron chi connectivity index (χ0n) is 29.8. The van der Waals surface area contributed by atoms with E-state index in [4.69, 9.17) is 0 Å². The van der Waals surface area contributed by atoms with Crippen molar-refractivity contribution >= 4 is 0 Å². The number of allylic oxidation sites excluding steroid dienone is 2. The Hall–Kier alpha value is 0.348. The maximum absolute atomic E-state index is 10.3. The Morgan fingerprint density at radius 2 is 1.14 bits per heavy atom. The van der Waals surface area contributed by atoms with Crippen LogP contribution in [0.3, 0.4) is 0 Å². The summed E-state index contributed by atoms with van der Waals surface area (Å²) >= 11 is 0. The van der Waals surface area contributed by atoms with Crippen molar-refractivity contribution in [3.05, 3.63) is 19.6 Å². The summed E-state index contributed by atoms with van der Waals surface area (Å²) in [5, 5.41) is 20.7. The number of aliphatic hydroxyl groups is 2. The van der Waals surface area contributed by atoms with Crippen LogP contribution in [0.25, 0.3) is 0 Å². The molecule has 0 aliphatic heterocycles. The molecular formula is C39H75O2Pt-. The average molecular weight is 771 g/mol. The maximum Gasteiger partial charge on any atom is 0.0573 e. The van der Waals surface area contributed by atoms with Crippen LogP contribution in [0.2, 0.25) is 0 Å². The van der Waals surface area contributed by atoms with Crippen molar-refractivity contribution in [1.29, 1.82) is 0 Å². The summed E-state index contributed by atoms with van der Waals surface area (Å²) < 4.78 is 0. The number of hydrogen-bond donors (Lipinski definition) is 2. The van der Waals surface area contributed by atoms with E-state index >= 15 is 0 Å². The molecule has 0 amide bonds. The van der Waals surface area contributed by atoms with Crippen molar-refractivity contribution in [2.24, 2.45) is 70.0 Å². The van der Waals surface area contributed by atoms with Crippen LogP contribution in [0, 0.1) is 77.4 Å². The van der Waals surface area contributed by atoms with E-state index in [1.165, 1.54) is 64.2 Å². The first-order valence-electron chi connectivity index (χ1n) is 17.8. The molecule has 4 rings (SSSR count). The Kier molecular flexibility index (Phi) is 16.6. The Balaban J connectivity index is 0.000000767. The van der Waals surface area contributed by atoms with Gasteiger partial charge in [-0.3, -0.25) is 0 Å². The third-order valence-electron chi connectivity index (χ3n) is 13.6. The van der Waals surface area contributed by atoms with Gasteiger partial charge < -0.3 is 17.6 Å². The summed E-state index contributed by atoms with van der Waals surface area (Å²) in [5.41, 5.74) is 0.806. The molecule has 0 spiro atoms. The van der Waals surface area contributed by atoms with Crippen LogP contribution in [-0.4, -0.2) is 22.4 Å². The van der Waals surface area contributed by atoms with Crippen LogP contribution in [0.1, 0.15) is 148 Å². The number of aliphatic hydroxyl groups excluding tert-OH is 2. The number of fused-ring (bicyclic) bond motifs is 2. The van der Waals surface area contributed by atoms with E-state index in [9.17, 15) is 10.2 Å². The monoisotopic (exact) mass is 771 g/mol. The minimum atomic E-state index is -0.0375. The van der Waals surface area contributed by atoms with Gasteiger partial charge in [0.15, 0.2) is 0 Å². The van der Waals surface area contributed by atoms with Crippen molar-refractivity contribution in [3.8, 4) is 0 Å². The Morgan fingerprint density at radius 3 is 1.62 bits per heavy atom. The van der Waals surface area contributed by atoms with E-state index in [1.807, 2.05) is 0 Å². The summed E-state index contributed by atoms with van der Waals surface area (Å²) in [6, 6.07) is 0. The van der Waals surface area contributed by atoms with Gasteiger partial charge in [0.1, 0.15) is 0 Å². The second kappa shape index (κ2) is 17.3. The fourth-order valence-electron chi connectivity index (χ4n) is 9.94. The standard InChI is InChI=1S/C19H36O.C19H34O.CH3.Pt.H2/c2*1-13(2)14(3)8-9-15(4)16-10-11-17-18(20)7-6-12-19(16,17)5;;;/h13-18,20H,6-12H2,1-5H3;8-9,13-18,20H,6-7,10-12H2,1-5H3;1H3;;1H/q;;-1;;/b;9-8+;;;/t2*14-,15+,16+,17-,18-,19+;;;/m00.../s1. The molecule has 0 aromatic heterocycles. The molecule has 0 bridgehead atoms. The first-order valence-corrected chi connectivity index (χ1v) is 17.8. The normalized spacial score (nSPS) is 38.9. The Bertz CT molecular complexity index is 800. The summed E-state index contributed by atoms with van der Waals surface area (Å²) in [7, 11) is 0. The largest absolute Gasteiger partial charge is 0.393 e.